The Balaban J connectivity index is 2.46. The van der Waals surface area contributed by atoms with Gasteiger partial charge in [-0.25, -0.2) is 4.79 Å². The minimum Gasteiger partial charge on any atom is -0.507 e. The van der Waals surface area contributed by atoms with Gasteiger partial charge in [0.25, 0.3) is 0 Å². The van der Waals surface area contributed by atoms with Gasteiger partial charge in [-0.05, 0) is 31.8 Å². The molecule has 1 aromatic rings. The monoisotopic (exact) mass is 382 g/mol. The van der Waals surface area contributed by atoms with Crippen molar-refractivity contribution in [3.63, 3.8) is 0 Å². The summed E-state index contributed by atoms with van der Waals surface area (Å²) >= 11 is 6.06. The number of aliphatic hydroxyl groups excluding tert-OH is 1. The Morgan fingerprint density at radius 2 is 1.88 bits per heavy atom. The highest BCUT2D eigenvalue weighted by Gasteiger charge is 2.27. The van der Waals surface area contributed by atoms with Crippen LogP contribution < -0.4 is 0 Å². The van der Waals surface area contributed by atoms with Crippen LogP contribution in [0.5, 0.6) is 11.5 Å². The molecule has 0 radical (unpaired) electrons. The number of ether oxygens (including phenoxy) is 1. The number of fused-ring (bicyclic) bond motifs is 1. The first-order valence-electron chi connectivity index (χ1n) is 8.52. The number of carbonyl (C=O) groups excluding carboxylic acids is 2. The smallest absolute Gasteiger partial charge is 0.342 e. The van der Waals surface area contributed by atoms with Crippen molar-refractivity contribution in [1.29, 1.82) is 0 Å². The van der Waals surface area contributed by atoms with Crippen LogP contribution in [0.1, 0.15) is 49.0 Å². The lowest BCUT2D eigenvalue weighted by Gasteiger charge is -2.23. The van der Waals surface area contributed by atoms with E-state index >= 15 is 0 Å². The van der Waals surface area contributed by atoms with E-state index in [0.29, 0.717) is 12.8 Å². The number of allylic oxidation sites excluding steroid dienone is 2. The maximum atomic E-state index is 12.5. The summed E-state index contributed by atoms with van der Waals surface area (Å²) in [4.78, 5) is 24.7. The Morgan fingerprint density at radius 3 is 2.58 bits per heavy atom. The predicted molar refractivity (Wildman–Crippen MR) is 96.5 cm³/mol. The van der Waals surface area contributed by atoms with Crippen molar-refractivity contribution >= 4 is 23.4 Å². The molecule has 6 nitrogen and oxygen atoms in total. The number of aromatic hydroxyl groups is 2. The van der Waals surface area contributed by atoms with E-state index in [4.69, 9.17) is 16.3 Å². The number of rotatable bonds is 0. The minimum atomic E-state index is -0.861. The molecule has 1 aliphatic heterocycles. The van der Waals surface area contributed by atoms with Crippen molar-refractivity contribution in [3.8, 4) is 11.5 Å². The van der Waals surface area contributed by atoms with Crippen LogP contribution in [0.15, 0.2) is 18.2 Å². The summed E-state index contributed by atoms with van der Waals surface area (Å²) in [6.07, 6.45) is 3.10. The van der Waals surface area contributed by atoms with E-state index in [1.807, 2.05) is 6.92 Å². The van der Waals surface area contributed by atoms with Crippen LogP contribution in [0, 0.1) is 5.92 Å². The van der Waals surface area contributed by atoms with E-state index in [9.17, 15) is 24.9 Å². The topological polar surface area (TPSA) is 104 Å². The number of halogens is 1. The molecule has 2 rings (SSSR count). The lowest BCUT2D eigenvalue weighted by Crippen LogP contribution is -2.26. The van der Waals surface area contributed by atoms with Crippen molar-refractivity contribution in [2.75, 3.05) is 0 Å². The summed E-state index contributed by atoms with van der Waals surface area (Å²) in [5.74, 6) is -2.15. The molecule has 0 aliphatic carbocycles. The molecule has 0 saturated heterocycles. The van der Waals surface area contributed by atoms with Crippen molar-refractivity contribution in [1.82, 2.24) is 0 Å². The van der Waals surface area contributed by atoms with Gasteiger partial charge in [0.2, 0.25) is 0 Å². The highest BCUT2D eigenvalue weighted by atomic mass is 35.5. The average molecular weight is 383 g/mol. The first-order valence-corrected chi connectivity index (χ1v) is 8.90. The predicted octanol–water partition coefficient (Wildman–Crippen LogP) is 3.15. The van der Waals surface area contributed by atoms with Crippen LogP contribution in [-0.2, 0) is 16.0 Å². The number of cyclic esters (lactones) is 1. The van der Waals surface area contributed by atoms with Crippen molar-refractivity contribution in [2.45, 2.75) is 51.7 Å². The van der Waals surface area contributed by atoms with E-state index in [2.05, 4.69) is 0 Å². The lowest BCUT2D eigenvalue weighted by molar-refractivity contribution is -0.114. The Labute approximate surface area is 157 Å². The summed E-state index contributed by atoms with van der Waals surface area (Å²) in [6, 6.07) is 0.938. The molecule has 2 unspecified atom stereocenters. The van der Waals surface area contributed by atoms with Gasteiger partial charge in [0.15, 0.2) is 5.78 Å². The molecule has 1 heterocycles. The second-order valence-electron chi connectivity index (χ2n) is 6.70. The van der Waals surface area contributed by atoms with Crippen LogP contribution in [-0.4, -0.2) is 39.3 Å². The molecule has 0 aromatic heterocycles. The van der Waals surface area contributed by atoms with Gasteiger partial charge < -0.3 is 20.1 Å². The molecule has 0 spiro atoms. The van der Waals surface area contributed by atoms with Crippen molar-refractivity contribution in [3.05, 3.63) is 34.4 Å². The van der Waals surface area contributed by atoms with Crippen LogP contribution in [0.3, 0.4) is 0 Å². The fraction of sp³-hybridized carbons (Fsp3) is 0.474. The number of hydrogen-bond acceptors (Lipinski definition) is 6. The van der Waals surface area contributed by atoms with Crippen molar-refractivity contribution in [2.24, 2.45) is 5.92 Å². The van der Waals surface area contributed by atoms with Gasteiger partial charge in [0, 0.05) is 24.5 Å². The van der Waals surface area contributed by atoms with Gasteiger partial charge in [-0.15, -0.1) is 0 Å². The lowest BCUT2D eigenvalue weighted by atomic mass is 9.94. The zero-order valence-electron chi connectivity index (χ0n) is 14.7. The molecule has 3 atom stereocenters. The van der Waals surface area contributed by atoms with Crippen LogP contribution in [0.4, 0.5) is 0 Å². The van der Waals surface area contributed by atoms with Gasteiger partial charge in [0.05, 0.1) is 11.1 Å². The fourth-order valence-electron chi connectivity index (χ4n) is 2.94. The highest BCUT2D eigenvalue weighted by Crippen LogP contribution is 2.37. The largest absolute Gasteiger partial charge is 0.507 e. The van der Waals surface area contributed by atoms with E-state index in [0.717, 1.165) is 6.07 Å². The van der Waals surface area contributed by atoms with Gasteiger partial charge in [-0.2, -0.15) is 0 Å². The first-order chi connectivity index (χ1) is 12.2. The number of aliphatic hydroxyl groups is 1. The third-order valence-electron chi connectivity index (χ3n) is 4.51. The second-order valence-corrected chi connectivity index (χ2v) is 7.08. The van der Waals surface area contributed by atoms with E-state index in [1.54, 1.807) is 13.0 Å². The molecule has 0 amide bonds. The Hall–Kier alpha value is -2.05. The number of phenolic OH excluding ortho intramolecular Hbond substituents is 2. The van der Waals surface area contributed by atoms with Gasteiger partial charge in [-0.3, -0.25) is 4.79 Å². The molecule has 0 saturated carbocycles. The second kappa shape index (κ2) is 8.56. The summed E-state index contributed by atoms with van der Waals surface area (Å²) in [6.45, 7) is 3.54. The number of phenols is 2. The molecule has 1 aromatic carbocycles. The highest BCUT2D eigenvalue weighted by molar-refractivity contribution is 6.33. The molecule has 0 fully saturated rings. The zero-order chi connectivity index (χ0) is 19.4. The third kappa shape index (κ3) is 4.77. The third-order valence-corrected chi connectivity index (χ3v) is 4.93. The maximum Gasteiger partial charge on any atom is 0.342 e. The molecule has 7 heteroatoms. The quantitative estimate of drug-likeness (QED) is 0.595. The van der Waals surface area contributed by atoms with Gasteiger partial charge in [-0.1, -0.05) is 24.6 Å². The van der Waals surface area contributed by atoms with Crippen molar-refractivity contribution < 1.29 is 29.6 Å². The summed E-state index contributed by atoms with van der Waals surface area (Å²) in [7, 11) is 0. The molecular weight excluding hydrogens is 360 g/mol. The van der Waals surface area contributed by atoms with Gasteiger partial charge >= 0.3 is 5.97 Å². The molecule has 142 valence electrons. The molecule has 3 N–H and O–H groups in total. The van der Waals surface area contributed by atoms with E-state index in [-0.39, 0.29) is 40.7 Å². The number of carbonyl (C=O) groups is 2. The van der Waals surface area contributed by atoms with Gasteiger partial charge in [0.1, 0.15) is 23.2 Å². The summed E-state index contributed by atoms with van der Waals surface area (Å²) in [5.41, 5.74) is -0.233. The van der Waals surface area contributed by atoms with E-state index < -0.39 is 29.7 Å². The summed E-state index contributed by atoms with van der Waals surface area (Å²) < 4.78 is 5.32. The number of benzene rings is 1. The minimum absolute atomic E-state index is 0.0157. The van der Waals surface area contributed by atoms with Crippen LogP contribution in [0.2, 0.25) is 5.02 Å². The SMILES string of the molecule is CC1CC/C=C/C(=O)Cc2c(Cl)c(O)cc(O)c2C(=O)O[C@H](C)CC1O. The van der Waals surface area contributed by atoms with Crippen LogP contribution >= 0.6 is 11.6 Å². The molecular formula is C19H23ClO6. The average Bonchev–Trinajstić information content (AvgIpc) is 2.54. The fourth-order valence-corrected chi connectivity index (χ4v) is 3.16. The Bertz CT molecular complexity index is 727. The molecule has 1 aliphatic rings. The summed E-state index contributed by atoms with van der Waals surface area (Å²) in [5, 5.41) is 30.0. The zero-order valence-corrected chi connectivity index (χ0v) is 15.5. The standard InChI is InChI=1S/C19H23ClO6/c1-10-5-3-4-6-12(21)8-13-17(15(23)9-16(24)18(13)20)19(25)26-11(2)7-14(10)22/h4,6,9-11,14,22-24H,3,5,7-8H2,1-2H3/b6-4+/t10?,11-,14?/m1/s1. The number of ketones is 1. The maximum absolute atomic E-state index is 12.5. The number of esters is 1. The normalized spacial score (nSPS) is 26.5. The van der Waals surface area contributed by atoms with Crippen LogP contribution in [0.25, 0.3) is 0 Å². The Morgan fingerprint density at radius 1 is 1.19 bits per heavy atom. The Kier molecular flexibility index (Phi) is 6.67. The van der Waals surface area contributed by atoms with E-state index in [1.165, 1.54) is 6.08 Å². The first kappa shape index (κ1) is 20.3. The number of hydrogen-bond donors (Lipinski definition) is 3. The molecule has 26 heavy (non-hydrogen) atoms. The molecule has 0 bridgehead atoms.